The molecule has 4 nitrogen and oxygen atoms in total. The van der Waals surface area contributed by atoms with E-state index >= 15 is 0 Å². The van der Waals surface area contributed by atoms with Crippen molar-refractivity contribution in [1.29, 1.82) is 0 Å². The van der Waals surface area contributed by atoms with Crippen LogP contribution in [0.4, 0.5) is 0 Å². The standard InChI is InChI=1S/C17H25NO3/c1-11(2)16(19)18-10-13-8-15(21-6)14(20-5)7-12(13)9-17(18,3)4/h7-8,11H,9-10H2,1-6H3. The zero-order valence-corrected chi connectivity index (χ0v) is 13.8. The van der Waals surface area contributed by atoms with E-state index in [0.29, 0.717) is 12.3 Å². The third-order valence-electron chi connectivity index (χ3n) is 4.15. The number of hydrogen-bond acceptors (Lipinski definition) is 3. The quantitative estimate of drug-likeness (QED) is 0.859. The average molecular weight is 291 g/mol. The van der Waals surface area contributed by atoms with E-state index in [4.69, 9.17) is 9.47 Å². The number of nitrogens with zero attached hydrogens (tertiary/aromatic N) is 1. The predicted octanol–water partition coefficient (Wildman–Crippen LogP) is 3.02. The van der Waals surface area contributed by atoms with Crippen LogP contribution in [0.2, 0.25) is 0 Å². The van der Waals surface area contributed by atoms with Gasteiger partial charge in [-0.25, -0.2) is 0 Å². The molecule has 1 aliphatic rings. The molecule has 0 radical (unpaired) electrons. The maximum absolute atomic E-state index is 12.5. The summed E-state index contributed by atoms with van der Waals surface area (Å²) < 4.78 is 10.7. The first-order valence-electron chi connectivity index (χ1n) is 7.35. The number of methoxy groups -OCH3 is 2. The minimum atomic E-state index is -0.187. The van der Waals surface area contributed by atoms with E-state index in [9.17, 15) is 4.79 Å². The van der Waals surface area contributed by atoms with Crippen molar-refractivity contribution in [2.45, 2.75) is 46.2 Å². The lowest BCUT2D eigenvalue weighted by Gasteiger charge is -2.44. The highest BCUT2D eigenvalue weighted by Gasteiger charge is 2.37. The first-order valence-corrected chi connectivity index (χ1v) is 7.35. The van der Waals surface area contributed by atoms with E-state index in [2.05, 4.69) is 13.8 Å². The van der Waals surface area contributed by atoms with Crippen molar-refractivity contribution in [3.05, 3.63) is 23.3 Å². The van der Waals surface area contributed by atoms with Crippen molar-refractivity contribution in [3.63, 3.8) is 0 Å². The molecule has 4 heteroatoms. The summed E-state index contributed by atoms with van der Waals surface area (Å²) in [7, 11) is 3.28. The van der Waals surface area contributed by atoms with Crippen LogP contribution in [0.15, 0.2) is 12.1 Å². The number of hydrogen-bond donors (Lipinski definition) is 0. The highest BCUT2D eigenvalue weighted by Crippen LogP contribution is 2.38. The van der Waals surface area contributed by atoms with Crippen LogP contribution in [0.25, 0.3) is 0 Å². The fourth-order valence-corrected chi connectivity index (χ4v) is 2.91. The summed E-state index contributed by atoms with van der Waals surface area (Å²) in [6, 6.07) is 4.02. The number of benzene rings is 1. The van der Waals surface area contributed by atoms with Crippen LogP contribution in [0.3, 0.4) is 0 Å². The van der Waals surface area contributed by atoms with Gasteiger partial charge >= 0.3 is 0 Å². The van der Waals surface area contributed by atoms with Crippen molar-refractivity contribution in [2.24, 2.45) is 5.92 Å². The molecule has 0 saturated heterocycles. The van der Waals surface area contributed by atoms with Crippen LogP contribution in [0.5, 0.6) is 11.5 Å². The molecule has 0 fully saturated rings. The Kier molecular flexibility index (Phi) is 4.17. The van der Waals surface area contributed by atoms with Crippen molar-refractivity contribution in [2.75, 3.05) is 14.2 Å². The van der Waals surface area contributed by atoms with Gasteiger partial charge in [0.1, 0.15) is 0 Å². The number of carbonyl (C=O) groups is 1. The van der Waals surface area contributed by atoms with Gasteiger partial charge in [0.2, 0.25) is 5.91 Å². The summed E-state index contributed by atoms with van der Waals surface area (Å²) in [5.41, 5.74) is 2.18. The third-order valence-corrected chi connectivity index (χ3v) is 4.15. The maximum atomic E-state index is 12.5. The highest BCUT2D eigenvalue weighted by atomic mass is 16.5. The fraction of sp³-hybridized carbons (Fsp3) is 0.588. The Morgan fingerprint density at radius 3 is 2.14 bits per heavy atom. The number of fused-ring (bicyclic) bond motifs is 1. The fourth-order valence-electron chi connectivity index (χ4n) is 2.91. The van der Waals surface area contributed by atoms with Crippen LogP contribution in [0, 0.1) is 5.92 Å². The Labute approximate surface area is 127 Å². The summed E-state index contributed by atoms with van der Waals surface area (Å²) in [6.45, 7) is 8.75. The molecule has 116 valence electrons. The lowest BCUT2D eigenvalue weighted by atomic mass is 9.84. The number of rotatable bonds is 3. The SMILES string of the molecule is COc1cc2c(cc1OC)CC(C)(C)N(C(=O)C(C)C)C2. The van der Waals surface area contributed by atoms with Crippen LogP contribution in [0.1, 0.15) is 38.8 Å². The third kappa shape index (κ3) is 2.85. The number of amides is 1. The summed E-state index contributed by atoms with van der Waals surface area (Å²) in [5.74, 6) is 1.66. The van der Waals surface area contributed by atoms with Crippen molar-refractivity contribution in [1.82, 2.24) is 4.90 Å². The van der Waals surface area contributed by atoms with Gasteiger partial charge in [0.25, 0.3) is 0 Å². The van der Waals surface area contributed by atoms with Gasteiger partial charge in [-0.05, 0) is 43.5 Å². The van der Waals surface area contributed by atoms with Gasteiger partial charge in [0.15, 0.2) is 11.5 Å². The predicted molar refractivity (Wildman–Crippen MR) is 82.7 cm³/mol. The van der Waals surface area contributed by atoms with Crippen molar-refractivity contribution >= 4 is 5.91 Å². The Balaban J connectivity index is 2.44. The van der Waals surface area contributed by atoms with E-state index < -0.39 is 0 Å². The molecule has 21 heavy (non-hydrogen) atoms. The molecule has 1 aliphatic heterocycles. The number of ether oxygens (including phenoxy) is 2. The summed E-state index contributed by atoms with van der Waals surface area (Å²) in [6.07, 6.45) is 0.821. The van der Waals surface area contributed by atoms with E-state index in [1.807, 2.05) is 30.9 Å². The maximum Gasteiger partial charge on any atom is 0.225 e. The molecular formula is C17H25NO3. The monoisotopic (exact) mass is 291 g/mol. The molecule has 1 amide bonds. The molecule has 0 bridgehead atoms. The minimum Gasteiger partial charge on any atom is -0.493 e. The molecule has 0 spiro atoms. The zero-order chi connectivity index (χ0) is 15.8. The van der Waals surface area contributed by atoms with E-state index in [0.717, 1.165) is 17.7 Å². The van der Waals surface area contributed by atoms with Gasteiger partial charge in [-0.15, -0.1) is 0 Å². The Hall–Kier alpha value is -1.71. The van der Waals surface area contributed by atoms with E-state index in [1.54, 1.807) is 14.2 Å². The van der Waals surface area contributed by atoms with Crippen LogP contribution in [-0.4, -0.2) is 30.6 Å². The average Bonchev–Trinajstić information content (AvgIpc) is 2.43. The molecule has 0 N–H and O–H groups in total. The van der Waals surface area contributed by atoms with Gasteiger partial charge in [0.05, 0.1) is 14.2 Å². The molecule has 2 rings (SSSR count). The Morgan fingerprint density at radius 2 is 1.67 bits per heavy atom. The molecule has 0 unspecified atom stereocenters. The molecular weight excluding hydrogens is 266 g/mol. The summed E-state index contributed by atoms with van der Waals surface area (Å²) in [5, 5.41) is 0. The Morgan fingerprint density at radius 1 is 1.14 bits per heavy atom. The summed E-state index contributed by atoms with van der Waals surface area (Å²) in [4.78, 5) is 14.4. The molecule has 0 atom stereocenters. The minimum absolute atomic E-state index is 0.00553. The summed E-state index contributed by atoms with van der Waals surface area (Å²) >= 11 is 0. The zero-order valence-electron chi connectivity index (χ0n) is 13.8. The molecule has 1 aromatic rings. The van der Waals surface area contributed by atoms with Crippen LogP contribution >= 0.6 is 0 Å². The topological polar surface area (TPSA) is 38.8 Å². The second-order valence-corrected chi connectivity index (χ2v) is 6.54. The van der Waals surface area contributed by atoms with Gasteiger partial charge < -0.3 is 14.4 Å². The lowest BCUT2D eigenvalue weighted by Crippen LogP contribution is -2.52. The van der Waals surface area contributed by atoms with Crippen LogP contribution in [-0.2, 0) is 17.8 Å². The molecule has 0 saturated carbocycles. The smallest absolute Gasteiger partial charge is 0.225 e. The second kappa shape index (κ2) is 5.58. The van der Waals surface area contributed by atoms with Crippen molar-refractivity contribution in [3.8, 4) is 11.5 Å². The normalized spacial score (nSPS) is 16.6. The van der Waals surface area contributed by atoms with Crippen LogP contribution < -0.4 is 9.47 Å². The first-order chi connectivity index (χ1) is 9.80. The molecule has 1 aromatic carbocycles. The lowest BCUT2D eigenvalue weighted by molar-refractivity contribution is -0.141. The second-order valence-electron chi connectivity index (χ2n) is 6.54. The van der Waals surface area contributed by atoms with Gasteiger partial charge in [0, 0.05) is 18.0 Å². The van der Waals surface area contributed by atoms with Crippen molar-refractivity contribution < 1.29 is 14.3 Å². The first kappa shape index (κ1) is 15.7. The highest BCUT2D eigenvalue weighted by molar-refractivity contribution is 5.79. The number of carbonyl (C=O) groups excluding carboxylic acids is 1. The molecule has 0 aromatic heterocycles. The van der Waals surface area contributed by atoms with Gasteiger partial charge in [-0.1, -0.05) is 13.8 Å². The van der Waals surface area contributed by atoms with E-state index in [-0.39, 0.29) is 17.4 Å². The van der Waals surface area contributed by atoms with Gasteiger partial charge in [-0.3, -0.25) is 4.79 Å². The van der Waals surface area contributed by atoms with E-state index in [1.165, 1.54) is 5.56 Å². The molecule has 0 aliphatic carbocycles. The molecule has 1 heterocycles. The Bertz CT molecular complexity index is 549. The van der Waals surface area contributed by atoms with Gasteiger partial charge in [-0.2, -0.15) is 0 Å². The largest absolute Gasteiger partial charge is 0.493 e.